The van der Waals surface area contributed by atoms with Crippen LogP contribution in [0, 0.1) is 0 Å². The molecule has 0 radical (unpaired) electrons. The first-order valence-electron chi connectivity index (χ1n) is 8.22. The molecule has 0 bridgehead atoms. The summed E-state index contributed by atoms with van der Waals surface area (Å²) in [5.41, 5.74) is 0. The minimum atomic E-state index is 0.0664. The maximum Gasteiger partial charge on any atom is 0.242 e. The van der Waals surface area contributed by atoms with Crippen LogP contribution in [-0.4, -0.2) is 62.4 Å². The van der Waals surface area contributed by atoms with Crippen LogP contribution >= 0.6 is 11.8 Å². The van der Waals surface area contributed by atoms with Crippen LogP contribution in [0.3, 0.4) is 0 Å². The molecule has 0 unspecified atom stereocenters. The molecular weight excluding hydrogens is 312 g/mol. The number of hydrogen-bond donors (Lipinski definition) is 0. The first-order chi connectivity index (χ1) is 11.1. The molecule has 1 aromatic heterocycles. The van der Waals surface area contributed by atoms with Crippen LogP contribution in [0.2, 0.25) is 0 Å². The maximum absolute atomic E-state index is 12.5. The Kier molecular flexibility index (Phi) is 4.94. The normalized spacial score (nSPS) is 22.2. The third-order valence-corrected chi connectivity index (χ3v) is 5.45. The lowest BCUT2D eigenvalue weighted by Gasteiger charge is -2.35. The lowest BCUT2D eigenvalue weighted by atomic mass is 10.0. The number of thioether (sulfide) groups is 1. The number of amides is 2. The maximum atomic E-state index is 12.5. The highest BCUT2D eigenvalue weighted by atomic mass is 32.2. The van der Waals surface area contributed by atoms with Gasteiger partial charge >= 0.3 is 0 Å². The number of hydrogen-bond acceptors (Lipinski definition) is 4. The smallest absolute Gasteiger partial charge is 0.242 e. The zero-order valence-corrected chi connectivity index (χ0v) is 14.6. The molecule has 2 amide bonds. The van der Waals surface area contributed by atoms with Gasteiger partial charge in [0.15, 0.2) is 0 Å². The van der Waals surface area contributed by atoms with Gasteiger partial charge in [-0.15, -0.1) is 11.8 Å². The van der Waals surface area contributed by atoms with E-state index in [9.17, 15) is 9.59 Å². The molecule has 2 aliphatic rings. The zero-order valence-electron chi connectivity index (χ0n) is 13.8. The average Bonchev–Trinajstić information content (AvgIpc) is 3.17. The highest BCUT2D eigenvalue weighted by Gasteiger charge is 2.29. The largest absolute Gasteiger partial charge is 0.339 e. The van der Waals surface area contributed by atoms with Crippen LogP contribution in [-0.2, 0) is 9.59 Å². The Bertz CT molecular complexity index is 586. The lowest BCUT2D eigenvalue weighted by molar-refractivity contribution is -0.139. The minimum Gasteiger partial charge on any atom is -0.339 e. The van der Waals surface area contributed by atoms with Gasteiger partial charge in [-0.1, -0.05) is 13.8 Å². The van der Waals surface area contributed by atoms with Gasteiger partial charge in [0, 0.05) is 31.4 Å². The van der Waals surface area contributed by atoms with Crippen LogP contribution in [0.1, 0.15) is 44.5 Å². The van der Waals surface area contributed by atoms with Crippen molar-refractivity contribution in [3.8, 4) is 0 Å². The Morgan fingerprint density at radius 1 is 1.48 bits per heavy atom. The van der Waals surface area contributed by atoms with E-state index in [2.05, 4.69) is 23.4 Å². The monoisotopic (exact) mass is 336 g/mol. The fraction of sp³-hybridized carbons (Fsp3) is 0.688. The molecule has 2 saturated heterocycles. The minimum absolute atomic E-state index is 0.0664. The summed E-state index contributed by atoms with van der Waals surface area (Å²) in [7, 11) is 0. The first kappa shape index (κ1) is 16.4. The van der Waals surface area contributed by atoms with Gasteiger partial charge in [-0.25, -0.2) is 4.98 Å². The number of likely N-dealkylation sites (tertiary alicyclic amines) is 1. The molecule has 0 aromatic carbocycles. The summed E-state index contributed by atoms with van der Waals surface area (Å²) in [5, 5.41) is 0. The summed E-state index contributed by atoms with van der Waals surface area (Å²) >= 11 is 1.58. The van der Waals surface area contributed by atoms with Crippen LogP contribution in [0.4, 0.5) is 0 Å². The van der Waals surface area contributed by atoms with Gasteiger partial charge in [-0.2, -0.15) is 0 Å². The molecule has 0 aliphatic carbocycles. The lowest BCUT2D eigenvalue weighted by Crippen LogP contribution is -2.46. The van der Waals surface area contributed by atoms with Gasteiger partial charge in [0.25, 0.3) is 0 Å². The Labute approximate surface area is 141 Å². The van der Waals surface area contributed by atoms with Crippen molar-refractivity contribution in [1.82, 2.24) is 19.4 Å². The predicted octanol–water partition coefficient (Wildman–Crippen LogP) is 1.70. The number of piperidine rings is 1. The van der Waals surface area contributed by atoms with Gasteiger partial charge in [0.1, 0.15) is 12.4 Å². The number of carbonyl (C=O) groups is 2. The van der Waals surface area contributed by atoms with E-state index in [1.165, 1.54) is 0 Å². The quantitative estimate of drug-likeness (QED) is 0.840. The van der Waals surface area contributed by atoms with Crippen molar-refractivity contribution in [3.63, 3.8) is 0 Å². The van der Waals surface area contributed by atoms with Crippen molar-refractivity contribution in [3.05, 3.63) is 18.2 Å². The molecule has 23 heavy (non-hydrogen) atoms. The highest BCUT2D eigenvalue weighted by Crippen LogP contribution is 2.26. The van der Waals surface area contributed by atoms with E-state index in [1.54, 1.807) is 16.7 Å². The average molecular weight is 336 g/mol. The van der Waals surface area contributed by atoms with E-state index in [0.29, 0.717) is 24.1 Å². The summed E-state index contributed by atoms with van der Waals surface area (Å²) in [6.45, 7) is 6.00. The molecule has 0 spiro atoms. The first-order valence-corrected chi connectivity index (χ1v) is 9.37. The molecule has 6 nitrogen and oxygen atoms in total. The fourth-order valence-corrected chi connectivity index (χ4v) is 4.20. The molecule has 0 saturated carbocycles. The number of aromatic nitrogens is 2. The molecule has 0 N–H and O–H groups in total. The predicted molar refractivity (Wildman–Crippen MR) is 90.2 cm³/mol. The summed E-state index contributed by atoms with van der Waals surface area (Å²) < 4.78 is 2.22. The molecule has 2 aliphatic heterocycles. The van der Waals surface area contributed by atoms with Crippen molar-refractivity contribution in [2.75, 3.05) is 31.3 Å². The van der Waals surface area contributed by atoms with E-state index >= 15 is 0 Å². The van der Waals surface area contributed by atoms with Gasteiger partial charge < -0.3 is 14.4 Å². The van der Waals surface area contributed by atoms with E-state index in [-0.39, 0.29) is 24.4 Å². The molecule has 3 heterocycles. The van der Waals surface area contributed by atoms with E-state index in [0.717, 1.165) is 25.2 Å². The van der Waals surface area contributed by atoms with Crippen molar-refractivity contribution in [1.29, 1.82) is 0 Å². The number of carbonyl (C=O) groups excluding carboxylic acids is 2. The van der Waals surface area contributed by atoms with Crippen molar-refractivity contribution in [2.24, 2.45) is 0 Å². The van der Waals surface area contributed by atoms with Crippen LogP contribution in [0.5, 0.6) is 0 Å². The summed E-state index contributed by atoms with van der Waals surface area (Å²) in [6, 6.07) is 0.288. The van der Waals surface area contributed by atoms with Gasteiger partial charge in [0.2, 0.25) is 11.8 Å². The number of nitrogens with zero attached hydrogens (tertiary/aromatic N) is 4. The SMILES string of the molecule is CC(C)c1nccn1[C@@H]1CCCN(C(=O)CN2CSCC2=O)C1. The van der Waals surface area contributed by atoms with Crippen LogP contribution in [0.25, 0.3) is 0 Å². The van der Waals surface area contributed by atoms with E-state index < -0.39 is 0 Å². The van der Waals surface area contributed by atoms with Gasteiger partial charge in [-0.3, -0.25) is 9.59 Å². The van der Waals surface area contributed by atoms with Crippen molar-refractivity contribution >= 4 is 23.6 Å². The molecule has 1 atom stereocenters. The third kappa shape index (κ3) is 3.54. The van der Waals surface area contributed by atoms with Crippen molar-refractivity contribution in [2.45, 2.75) is 38.6 Å². The Morgan fingerprint density at radius 3 is 3.00 bits per heavy atom. The summed E-state index contributed by atoms with van der Waals surface area (Å²) in [5.74, 6) is 2.74. The molecule has 1 aromatic rings. The number of imidazole rings is 1. The van der Waals surface area contributed by atoms with Crippen molar-refractivity contribution < 1.29 is 9.59 Å². The second kappa shape index (κ2) is 6.95. The highest BCUT2D eigenvalue weighted by molar-refractivity contribution is 8.00. The second-order valence-corrected chi connectivity index (χ2v) is 7.51. The Hall–Kier alpha value is -1.50. The van der Waals surface area contributed by atoms with Crippen LogP contribution < -0.4 is 0 Å². The Morgan fingerprint density at radius 2 is 2.30 bits per heavy atom. The third-order valence-electron chi connectivity index (χ3n) is 4.51. The Balaban J connectivity index is 1.64. The molecule has 7 heteroatoms. The van der Waals surface area contributed by atoms with E-state index in [4.69, 9.17) is 0 Å². The molecular formula is C16H24N4O2S. The zero-order chi connectivity index (χ0) is 16.4. The van der Waals surface area contributed by atoms with Crippen LogP contribution in [0.15, 0.2) is 12.4 Å². The topological polar surface area (TPSA) is 58.4 Å². The fourth-order valence-electron chi connectivity index (χ4n) is 3.29. The van der Waals surface area contributed by atoms with E-state index in [1.807, 2.05) is 17.3 Å². The summed E-state index contributed by atoms with van der Waals surface area (Å²) in [4.78, 5) is 32.2. The molecule has 3 rings (SSSR count). The second-order valence-electron chi connectivity index (χ2n) is 6.55. The number of rotatable bonds is 4. The van der Waals surface area contributed by atoms with Gasteiger partial charge in [0.05, 0.1) is 17.7 Å². The molecule has 126 valence electrons. The molecule has 2 fully saturated rings. The van der Waals surface area contributed by atoms with Gasteiger partial charge in [-0.05, 0) is 12.8 Å². The standard InChI is InChI=1S/C16H24N4O2S/c1-12(2)16-17-5-7-20(16)13-4-3-6-18(8-13)14(21)9-19-11-23-10-15(19)22/h5,7,12-13H,3-4,6,8-11H2,1-2H3/t13-/m1/s1. The summed E-state index contributed by atoms with van der Waals surface area (Å²) in [6.07, 6.45) is 5.93.